The van der Waals surface area contributed by atoms with Gasteiger partial charge in [-0.05, 0) is 22.9 Å². The van der Waals surface area contributed by atoms with Crippen molar-refractivity contribution in [2.75, 3.05) is 0 Å². The highest BCUT2D eigenvalue weighted by Crippen LogP contribution is 2.05. The Balaban J connectivity index is 2.64. The summed E-state index contributed by atoms with van der Waals surface area (Å²) >= 11 is 3.25. The standard InChI is InChI=1S/C3H6BrN3/c1-2-3(4)6-7-5-2/h5-7H,1H3. The predicted octanol–water partition coefficient (Wildman–Crippen LogP) is 0.183. The molecule has 0 aromatic rings. The minimum absolute atomic E-state index is 0.965. The third-order valence-corrected chi connectivity index (χ3v) is 1.54. The van der Waals surface area contributed by atoms with Crippen molar-refractivity contribution in [3.63, 3.8) is 0 Å². The Morgan fingerprint density at radius 3 is 2.29 bits per heavy atom. The maximum atomic E-state index is 3.25. The Morgan fingerprint density at radius 2 is 2.14 bits per heavy atom. The van der Waals surface area contributed by atoms with Crippen LogP contribution < -0.4 is 16.4 Å². The number of hydrazine groups is 2. The van der Waals surface area contributed by atoms with Gasteiger partial charge < -0.3 is 5.43 Å². The minimum atomic E-state index is 0.965. The maximum absolute atomic E-state index is 3.25. The first-order valence-electron chi connectivity index (χ1n) is 1.94. The van der Waals surface area contributed by atoms with Gasteiger partial charge in [0.25, 0.3) is 0 Å². The number of hydrogen-bond donors (Lipinski definition) is 3. The summed E-state index contributed by atoms with van der Waals surface area (Å²) in [6.45, 7) is 1.96. The zero-order chi connectivity index (χ0) is 5.28. The summed E-state index contributed by atoms with van der Waals surface area (Å²) in [6, 6.07) is 0. The molecule has 0 saturated carbocycles. The molecule has 0 radical (unpaired) electrons. The molecule has 7 heavy (non-hydrogen) atoms. The minimum Gasteiger partial charge on any atom is -0.306 e. The van der Waals surface area contributed by atoms with Crippen molar-refractivity contribution < 1.29 is 0 Å². The zero-order valence-electron chi connectivity index (χ0n) is 3.88. The van der Waals surface area contributed by atoms with Crippen molar-refractivity contribution in [1.82, 2.24) is 16.4 Å². The van der Waals surface area contributed by atoms with Crippen molar-refractivity contribution in [1.29, 1.82) is 0 Å². The fraction of sp³-hybridized carbons (Fsp3) is 0.333. The van der Waals surface area contributed by atoms with Crippen LogP contribution in [-0.4, -0.2) is 0 Å². The van der Waals surface area contributed by atoms with E-state index in [1.807, 2.05) is 6.92 Å². The Kier molecular flexibility index (Phi) is 1.21. The van der Waals surface area contributed by atoms with Gasteiger partial charge in [0.2, 0.25) is 0 Å². The second-order valence-corrected chi connectivity index (χ2v) is 2.11. The van der Waals surface area contributed by atoms with Gasteiger partial charge >= 0.3 is 0 Å². The lowest BCUT2D eigenvalue weighted by atomic mass is 10.6. The summed E-state index contributed by atoms with van der Waals surface area (Å²) in [7, 11) is 0. The van der Waals surface area contributed by atoms with Crippen LogP contribution in [0.1, 0.15) is 6.92 Å². The molecule has 0 saturated heterocycles. The number of hydrogen-bond acceptors (Lipinski definition) is 3. The lowest BCUT2D eigenvalue weighted by Gasteiger charge is -1.90. The van der Waals surface area contributed by atoms with E-state index in [-0.39, 0.29) is 0 Å². The summed E-state index contributed by atoms with van der Waals surface area (Å²) in [6.07, 6.45) is 0. The molecule has 0 spiro atoms. The molecule has 0 aromatic heterocycles. The second-order valence-electron chi connectivity index (χ2n) is 1.31. The molecule has 0 aromatic carbocycles. The van der Waals surface area contributed by atoms with Gasteiger partial charge in [0.15, 0.2) is 0 Å². The summed E-state index contributed by atoms with van der Waals surface area (Å²) in [4.78, 5) is 0. The van der Waals surface area contributed by atoms with Crippen LogP contribution in [0.3, 0.4) is 0 Å². The average Bonchev–Trinajstić information content (AvgIpc) is 1.91. The van der Waals surface area contributed by atoms with Crippen LogP contribution in [-0.2, 0) is 0 Å². The molecule has 0 unspecified atom stereocenters. The quantitative estimate of drug-likeness (QED) is 0.447. The molecule has 1 heterocycles. The highest BCUT2D eigenvalue weighted by molar-refractivity contribution is 9.11. The van der Waals surface area contributed by atoms with Crippen molar-refractivity contribution in [2.45, 2.75) is 6.92 Å². The number of nitrogens with one attached hydrogen (secondary N) is 3. The van der Waals surface area contributed by atoms with E-state index in [2.05, 4.69) is 32.3 Å². The monoisotopic (exact) mass is 163 g/mol. The molecule has 1 rings (SSSR count). The second kappa shape index (κ2) is 1.71. The number of rotatable bonds is 0. The smallest absolute Gasteiger partial charge is 0.114 e. The van der Waals surface area contributed by atoms with Gasteiger partial charge in [0.1, 0.15) is 4.61 Å². The van der Waals surface area contributed by atoms with Gasteiger partial charge in [-0.25, -0.2) is 0 Å². The molecule has 3 nitrogen and oxygen atoms in total. The van der Waals surface area contributed by atoms with Crippen LogP contribution in [0.2, 0.25) is 0 Å². The molecular formula is C3H6BrN3. The molecular weight excluding hydrogens is 158 g/mol. The maximum Gasteiger partial charge on any atom is 0.114 e. The lowest BCUT2D eigenvalue weighted by molar-refractivity contribution is 0.598. The first-order valence-corrected chi connectivity index (χ1v) is 2.73. The number of halogens is 1. The summed E-state index contributed by atoms with van der Waals surface area (Å²) in [5.41, 5.74) is 9.42. The largest absolute Gasteiger partial charge is 0.306 e. The SMILES string of the molecule is CC1=C(Br)NNN1. The van der Waals surface area contributed by atoms with Gasteiger partial charge in [-0.15, -0.1) is 5.53 Å². The van der Waals surface area contributed by atoms with Crippen molar-refractivity contribution >= 4 is 15.9 Å². The van der Waals surface area contributed by atoms with E-state index in [9.17, 15) is 0 Å². The van der Waals surface area contributed by atoms with Crippen LogP contribution in [0, 0.1) is 0 Å². The van der Waals surface area contributed by atoms with Gasteiger partial charge in [0.05, 0.1) is 5.70 Å². The fourth-order valence-electron chi connectivity index (χ4n) is 0.328. The molecule has 40 valence electrons. The Hall–Kier alpha value is -0.220. The Labute approximate surface area is 50.2 Å². The van der Waals surface area contributed by atoms with Crippen LogP contribution in [0.25, 0.3) is 0 Å². The first-order chi connectivity index (χ1) is 3.30. The fourth-order valence-corrected chi connectivity index (χ4v) is 0.527. The average molecular weight is 164 g/mol. The van der Waals surface area contributed by atoms with E-state index in [4.69, 9.17) is 0 Å². The van der Waals surface area contributed by atoms with Gasteiger partial charge in [0, 0.05) is 0 Å². The molecule has 0 fully saturated rings. The molecule has 0 atom stereocenters. The van der Waals surface area contributed by atoms with Gasteiger partial charge in [-0.2, -0.15) is 0 Å². The third-order valence-electron chi connectivity index (χ3n) is 0.751. The third kappa shape index (κ3) is 0.863. The topological polar surface area (TPSA) is 36.1 Å². The van der Waals surface area contributed by atoms with Gasteiger partial charge in [-0.3, -0.25) is 5.43 Å². The van der Waals surface area contributed by atoms with E-state index in [0.717, 1.165) is 10.3 Å². The van der Waals surface area contributed by atoms with Crippen molar-refractivity contribution in [2.24, 2.45) is 0 Å². The Bertz CT molecular complexity index is 96.7. The van der Waals surface area contributed by atoms with E-state index in [1.54, 1.807) is 0 Å². The van der Waals surface area contributed by atoms with E-state index in [1.165, 1.54) is 0 Å². The summed E-state index contributed by atoms with van der Waals surface area (Å²) in [5, 5.41) is 0. The van der Waals surface area contributed by atoms with Gasteiger partial charge in [-0.1, -0.05) is 0 Å². The van der Waals surface area contributed by atoms with Crippen molar-refractivity contribution in [3.05, 3.63) is 10.3 Å². The van der Waals surface area contributed by atoms with Crippen LogP contribution in [0.15, 0.2) is 10.3 Å². The normalized spacial score (nSPS) is 19.1. The lowest BCUT2D eigenvalue weighted by Crippen LogP contribution is -2.31. The molecule has 4 heteroatoms. The molecule has 1 aliphatic heterocycles. The highest BCUT2D eigenvalue weighted by atomic mass is 79.9. The van der Waals surface area contributed by atoms with Crippen LogP contribution >= 0.6 is 15.9 Å². The molecule has 0 bridgehead atoms. The van der Waals surface area contributed by atoms with E-state index < -0.39 is 0 Å². The molecule has 0 aliphatic carbocycles. The summed E-state index contributed by atoms with van der Waals surface area (Å²) < 4.78 is 0.965. The van der Waals surface area contributed by atoms with E-state index in [0.29, 0.717) is 0 Å². The molecule has 0 amide bonds. The van der Waals surface area contributed by atoms with E-state index >= 15 is 0 Å². The molecule has 1 aliphatic rings. The Morgan fingerprint density at radius 1 is 1.43 bits per heavy atom. The highest BCUT2D eigenvalue weighted by Gasteiger charge is 2.01. The number of allylic oxidation sites excluding steroid dienone is 1. The first kappa shape index (κ1) is 4.93. The predicted molar refractivity (Wildman–Crippen MR) is 31.0 cm³/mol. The van der Waals surface area contributed by atoms with Crippen LogP contribution in [0.5, 0.6) is 0 Å². The zero-order valence-corrected chi connectivity index (χ0v) is 5.46. The molecule has 3 N–H and O–H groups in total. The van der Waals surface area contributed by atoms with Crippen LogP contribution in [0.4, 0.5) is 0 Å². The summed E-state index contributed by atoms with van der Waals surface area (Å²) in [5.74, 6) is 0. The van der Waals surface area contributed by atoms with Crippen molar-refractivity contribution in [3.8, 4) is 0 Å².